The summed E-state index contributed by atoms with van der Waals surface area (Å²) in [5.41, 5.74) is 1.40. The lowest BCUT2D eigenvalue weighted by Crippen LogP contribution is -2.35. The van der Waals surface area contributed by atoms with Gasteiger partial charge >= 0.3 is 7.12 Å². The third kappa shape index (κ3) is 3.23. The van der Waals surface area contributed by atoms with E-state index in [1.807, 2.05) is 13.1 Å². The summed E-state index contributed by atoms with van der Waals surface area (Å²) in [4.78, 5) is 2.08. The van der Waals surface area contributed by atoms with Gasteiger partial charge in [-0.15, -0.1) is 0 Å². The van der Waals surface area contributed by atoms with Crippen LogP contribution < -0.4 is 10.2 Å². The first-order valence-corrected chi connectivity index (χ1v) is 5.30. The highest BCUT2D eigenvalue weighted by atomic mass is 16.5. The maximum atomic E-state index is 9.25. The summed E-state index contributed by atoms with van der Waals surface area (Å²) in [6.45, 7) is 3.62. The van der Waals surface area contributed by atoms with Gasteiger partial charge in [0.25, 0.3) is 0 Å². The first-order chi connectivity index (χ1) is 7.58. The van der Waals surface area contributed by atoms with Crippen molar-refractivity contribution in [2.24, 2.45) is 0 Å². The standard InChI is InChI=1S/C11H18BNO3/c1-4-13(2)8-9-7-10(16-3)5-6-11(9)12(14)15/h5-7,14-15H,4,8H2,1-3H3. The Balaban J connectivity index is 3.00. The van der Waals surface area contributed by atoms with Crippen LogP contribution in [0, 0.1) is 0 Å². The van der Waals surface area contributed by atoms with Crippen molar-refractivity contribution in [2.75, 3.05) is 20.7 Å². The zero-order chi connectivity index (χ0) is 12.1. The molecule has 16 heavy (non-hydrogen) atoms. The Hall–Kier alpha value is -1.04. The molecule has 0 aliphatic carbocycles. The number of ether oxygens (including phenoxy) is 1. The maximum Gasteiger partial charge on any atom is 0.488 e. The smallest absolute Gasteiger partial charge is 0.488 e. The molecule has 2 N–H and O–H groups in total. The molecule has 0 aliphatic rings. The summed E-state index contributed by atoms with van der Waals surface area (Å²) in [7, 11) is 2.14. The predicted molar refractivity (Wildman–Crippen MR) is 64.8 cm³/mol. The second kappa shape index (κ2) is 5.89. The molecule has 0 aliphatic heterocycles. The van der Waals surface area contributed by atoms with E-state index in [0.717, 1.165) is 17.9 Å². The lowest BCUT2D eigenvalue weighted by molar-refractivity contribution is 0.344. The van der Waals surface area contributed by atoms with Crippen molar-refractivity contribution in [3.05, 3.63) is 23.8 Å². The van der Waals surface area contributed by atoms with Crippen LogP contribution in [0.3, 0.4) is 0 Å². The molecular formula is C11H18BNO3. The van der Waals surface area contributed by atoms with Gasteiger partial charge in [-0.25, -0.2) is 0 Å². The minimum Gasteiger partial charge on any atom is -0.497 e. The van der Waals surface area contributed by atoms with E-state index in [-0.39, 0.29) is 0 Å². The Morgan fingerprint density at radius 1 is 1.38 bits per heavy atom. The zero-order valence-electron chi connectivity index (χ0n) is 9.97. The van der Waals surface area contributed by atoms with Crippen LogP contribution in [-0.4, -0.2) is 42.8 Å². The fourth-order valence-corrected chi connectivity index (χ4v) is 1.50. The molecule has 0 unspecified atom stereocenters. The van der Waals surface area contributed by atoms with Crippen molar-refractivity contribution in [3.63, 3.8) is 0 Å². The quantitative estimate of drug-likeness (QED) is 0.680. The van der Waals surface area contributed by atoms with Crippen LogP contribution in [-0.2, 0) is 6.54 Å². The topological polar surface area (TPSA) is 52.9 Å². The maximum absolute atomic E-state index is 9.25. The summed E-state index contributed by atoms with van der Waals surface area (Å²) >= 11 is 0. The van der Waals surface area contributed by atoms with Crippen molar-refractivity contribution < 1.29 is 14.8 Å². The summed E-state index contributed by atoms with van der Waals surface area (Å²) in [6, 6.07) is 5.24. The molecule has 0 radical (unpaired) electrons. The van der Waals surface area contributed by atoms with E-state index in [2.05, 4.69) is 11.8 Å². The Morgan fingerprint density at radius 2 is 2.06 bits per heavy atom. The molecule has 0 atom stereocenters. The van der Waals surface area contributed by atoms with Crippen LogP contribution >= 0.6 is 0 Å². The van der Waals surface area contributed by atoms with Crippen LogP contribution in [0.25, 0.3) is 0 Å². The summed E-state index contributed by atoms with van der Waals surface area (Å²) in [5.74, 6) is 0.726. The molecule has 0 fully saturated rings. The summed E-state index contributed by atoms with van der Waals surface area (Å²) in [5, 5.41) is 18.5. The van der Waals surface area contributed by atoms with E-state index in [1.165, 1.54) is 0 Å². The second-order valence-corrected chi connectivity index (χ2v) is 3.77. The Kier molecular flexibility index (Phi) is 4.80. The van der Waals surface area contributed by atoms with Crippen molar-refractivity contribution in [1.29, 1.82) is 0 Å². The second-order valence-electron chi connectivity index (χ2n) is 3.77. The van der Waals surface area contributed by atoms with Gasteiger partial charge in [0, 0.05) is 6.54 Å². The van der Waals surface area contributed by atoms with Gasteiger partial charge in [0.2, 0.25) is 0 Å². The van der Waals surface area contributed by atoms with Crippen LogP contribution in [0.5, 0.6) is 5.75 Å². The van der Waals surface area contributed by atoms with Crippen molar-refractivity contribution in [3.8, 4) is 5.75 Å². The van der Waals surface area contributed by atoms with Gasteiger partial charge in [-0.2, -0.15) is 0 Å². The minimum absolute atomic E-state index is 0.529. The first kappa shape index (κ1) is 13.0. The molecule has 1 aromatic carbocycles. The SMILES string of the molecule is CCN(C)Cc1cc(OC)ccc1B(O)O. The van der Waals surface area contributed by atoms with Gasteiger partial charge in [0.05, 0.1) is 7.11 Å². The van der Waals surface area contributed by atoms with E-state index in [4.69, 9.17) is 4.74 Å². The van der Waals surface area contributed by atoms with Crippen molar-refractivity contribution in [1.82, 2.24) is 4.90 Å². The zero-order valence-corrected chi connectivity index (χ0v) is 9.97. The van der Waals surface area contributed by atoms with Gasteiger partial charge in [-0.1, -0.05) is 13.0 Å². The average Bonchev–Trinajstić information content (AvgIpc) is 2.28. The van der Waals surface area contributed by atoms with Gasteiger partial charge in [0.1, 0.15) is 5.75 Å². The lowest BCUT2D eigenvalue weighted by atomic mass is 9.77. The molecule has 0 heterocycles. The molecule has 0 spiro atoms. The minimum atomic E-state index is -1.44. The fraction of sp³-hybridized carbons (Fsp3) is 0.455. The van der Waals surface area contributed by atoms with Crippen LogP contribution in [0.15, 0.2) is 18.2 Å². The van der Waals surface area contributed by atoms with Gasteiger partial charge in [0.15, 0.2) is 0 Å². The van der Waals surface area contributed by atoms with Gasteiger partial charge in [-0.05, 0) is 36.8 Å². The largest absolute Gasteiger partial charge is 0.497 e. The van der Waals surface area contributed by atoms with E-state index in [9.17, 15) is 10.0 Å². The fourth-order valence-electron chi connectivity index (χ4n) is 1.50. The average molecular weight is 223 g/mol. The number of nitrogens with zero attached hydrogens (tertiary/aromatic N) is 1. The Bertz CT molecular complexity index is 344. The van der Waals surface area contributed by atoms with E-state index >= 15 is 0 Å². The molecule has 1 aromatic rings. The highest BCUT2D eigenvalue weighted by Crippen LogP contribution is 2.12. The van der Waals surface area contributed by atoms with Gasteiger partial charge < -0.3 is 19.7 Å². The Labute approximate surface area is 96.6 Å². The number of rotatable bonds is 5. The molecular weight excluding hydrogens is 205 g/mol. The monoisotopic (exact) mass is 223 g/mol. The van der Waals surface area contributed by atoms with Crippen molar-refractivity contribution >= 4 is 12.6 Å². The number of hydrogen-bond donors (Lipinski definition) is 2. The first-order valence-electron chi connectivity index (χ1n) is 5.30. The molecule has 5 heteroatoms. The molecule has 0 saturated carbocycles. The predicted octanol–water partition coefficient (Wildman–Crippen LogP) is -0.173. The van der Waals surface area contributed by atoms with Crippen LogP contribution in [0.1, 0.15) is 12.5 Å². The highest BCUT2D eigenvalue weighted by molar-refractivity contribution is 6.59. The number of hydrogen-bond acceptors (Lipinski definition) is 4. The normalized spacial score (nSPS) is 10.6. The van der Waals surface area contributed by atoms with Gasteiger partial charge in [-0.3, -0.25) is 0 Å². The molecule has 88 valence electrons. The molecule has 0 amide bonds. The summed E-state index contributed by atoms with van der Waals surface area (Å²) in [6.07, 6.45) is 0. The molecule has 0 bridgehead atoms. The van der Waals surface area contributed by atoms with E-state index < -0.39 is 7.12 Å². The lowest BCUT2D eigenvalue weighted by Gasteiger charge is -2.17. The van der Waals surface area contributed by atoms with Crippen LogP contribution in [0.2, 0.25) is 0 Å². The molecule has 1 rings (SSSR count). The third-order valence-corrected chi connectivity index (χ3v) is 2.61. The third-order valence-electron chi connectivity index (χ3n) is 2.61. The van der Waals surface area contributed by atoms with Crippen molar-refractivity contribution in [2.45, 2.75) is 13.5 Å². The molecule has 0 saturated heterocycles. The van der Waals surface area contributed by atoms with E-state index in [1.54, 1.807) is 19.2 Å². The van der Waals surface area contributed by atoms with Crippen LogP contribution in [0.4, 0.5) is 0 Å². The summed E-state index contributed by atoms with van der Waals surface area (Å²) < 4.78 is 5.12. The number of methoxy groups -OCH3 is 1. The Morgan fingerprint density at radius 3 is 2.56 bits per heavy atom. The van der Waals surface area contributed by atoms with E-state index in [0.29, 0.717) is 12.0 Å². The molecule has 0 aromatic heterocycles. The number of benzene rings is 1. The molecule has 4 nitrogen and oxygen atoms in total. The highest BCUT2D eigenvalue weighted by Gasteiger charge is 2.17.